The Hall–Kier alpha value is -0.150. The molecule has 2 unspecified atom stereocenters. The number of alkyl halides is 1. The van der Waals surface area contributed by atoms with Gasteiger partial charge < -0.3 is 5.32 Å². The SMILES string of the molecule is CC1CN(CCCF)C(C(C)(C)C)CN1. The monoisotopic (exact) mass is 216 g/mol. The summed E-state index contributed by atoms with van der Waals surface area (Å²) in [5.74, 6) is 0. The maximum absolute atomic E-state index is 12.2. The highest BCUT2D eigenvalue weighted by molar-refractivity contribution is 4.91. The molecular formula is C12H25FN2. The van der Waals surface area contributed by atoms with Crippen molar-refractivity contribution in [1.29, 1.82) is 0 Å². The van der Waals surface area contributed by atoms with E-state index in [1.807, 2.05) is 0 Å². The molecule has 0 aromatic rings. The fourth-order valence-corrected chi connectivity index (χ4v) is 2.35. The molecule has 0 spiro atoms. The Morgan fingerprint density at radius 1 is 1.40 bits per heavy atom. The van der Waals surface area contributed by atoms with Gasteiger partial charge in [0.05, 0.1) is 6.67 Å². The van der Waals surface area contributed by atoms with Crippen LogP contribution in [0.5, 0.6) is 0 Å². The number of piperazine rings is 1. The molecule has 1 aliphatic heterocycles. The van der Waals surface area contributed by atoms with Gasteiger partial charge in [-0.3, -0.25) is 9.29 Å². The van der Waals surface area contributed by atoms with E-state index in [4.69, 9.17) is 0 Å². The predicted octanol–water partition coefficient (Wildman–Crippen LogP) is 2.05. The van der Waals surface area contributed by atoms with Crippen molar-refractivity contribution in [2.45, 2.75) is 46.2 Å². The fourth-order valence-electron chi connectivity index (χ4n) is 2.35. The molecule has 0 aromatic heterocycles. The van der Waals surface area contributed by atoms with Crippen LogP contribution in [0.1, 0.15) is 34.1 Å². The lowest BCUT2D eigenvalue weighted by Crippen LogP contribution is -2.59. The molecule has 0 radical (unpaired) electrons. The van der Waals surface area contributed by atoms with Crippen LogP contribution in [0, 0.1) is 5.41 Å². The van der Waals surface area contributed by atoms with Gasteiger partial charge in [0.2, 0.25) is 0 Å². The Labute approximate surface area is 93.2 Å². The van der Waals surface area contributed by atoms with E-state index in [0.717, 1.165) is 19.6 Å². The van der Waals surface area contributed by atoms with Crippen LogP contribution in [0.2, 0.25) is 0 Å². The number of halogens is 1. The molecule has 1 aliphatic rings. The fraction of sp³-hybridized carbons (Fsp3) is 1.00. The van der Waals surface area contributed by atoms with Gasteiger partial charge in [-0.2, -0.15) is 0 Å². The van der Waals surface area contributed by atoms with Gasteiger partial charge in [0.25, 0.3) is 0 Å². The normalized spacial score (nSPS) is 29.4. The molecule has 0 amide bonds. The number of hydrogen-bond acceptors (Lipinski definition) is 2. The van der Waals surface area contributed by atoms with Crippen LogP contribution in [-0.4, -0.2) is 43.3 Å². The van der Waals surface area contributed by atoms with Crippen molar-refractivity contribution in [3.8, 4) is 0 Å². The van der Waals surface area contributed by atoms with Gasteiger partial charge in [0.15, 0.2) is 0 Å². The second-order valence-corrected chi connectivity index (χ2v) is 5.73. The lowest BCUT2D eigenvalue weighted by Gasteiger charge is -2.45. The molecule has 3 heteroatoms. The molecule has 0 aliphatic carbocycles. The van der Waals surface area contributed by atoms with Crippen molar-refractivity contribution in [3.05, 3.63) is 0 Å². The Bertz CT molecular complexity index is 189. The van der Waals surface area contributed by atoms with E-state index in [2.05, 4.69) is 37.9 Å². The molecule has 0 bridgehead atoms. The van der Waals surface area contributed by atoms with E-state index in [1.165, 1.54) is 0 Å². The number of nitrogens with zero attached hydrogens (tertiary/aromatic N) is 1. The van der Waals surface area contributed by atoms with Crippen LogP contribution < -0.4 is 5.32 Å². The molecule has 90 valence electrons. The molecule has 1 heterocycles. The maximum Gasteiger partial charge on any atom is 0.0906 e. The van der Waals surface area contributed by atoms with Crippen LogP contribution in [0.3, 0.4) is 0 Å². The van der Waals surface area contributed by atoms with E-state index in [1.54, 1.807) is 0 Å². The first-order valence-electron chi connectivity index (χ1n) is 5.98. The van der Waals surface area contributed by atoms with Crippen molar-refractivity contribution < 1.29 is 4.39 Å². The topological polar surface area (TPSA) is 15.3 Å². The second-order valence-electron chi connectivity index (χ2n) is 5.73. The Morgan fingerprint density at radius 2 is 2.07 bits per heavy atom. The average Bonchev–Trinajstić information content (AvgIpc) is 2.12. The molecule has 1 N–H and O–H groups in total. The lowest BCUT2D eigenvalue weighted by molar-refractivity contribution is 0.0566. The molecule has 2 atom stereocenters. The van der Waals surface area contributed by atoms with Crippen molar-refractivity contribution in [2.24, 2.45) is 5.41 Å². The summed E-state index contributed by atoms with van der Waals surface area (Å²) in [6.45, 7) is 11.7. The Kier molecular flexibility index (Phi) is 4.53. The van der Waals surface area contributed by atoms with Gasteiger partial charge in [0.1, 0.15) is 0 Å². The molecule has 0 saturated carbocycles. The zero-order chi connectivity index (χ0) is 11.5. The quantitative estimate of drug-likeness (QED) is 0.777. The van der Waals surface area contributed by atoms with Gasteiger partial charge >= 0.3 is 0 Å². The summed E-state index contributed by atoms with van der Waals surface area (Å²) in [7, 11) is 0. The molecule has 0 aromatic carbocycles. The first-order valence-corrected chi connectivity index (χ1v) is 5.98. The number of nitrogens with one attached hydrogen (secondary N) is 1. The summed E-state index contributed by atoms with van der Waals surface area (Å²) in [6.07, 6.45) is 0.666. The van der Waals surface area contributed by atoms with Crippen LogP contribution in [0.15, 0.2) is 0 Å². The summed E-state index contributed by atoms with van der Waals surface area (Å²) in [5, 5.41) is 3.51. The van der Waals surface area contributed by atoms with Crippen molar-refractivity contribution in [2.75, 3.05) is 26.3 Å². The van der Waals surface area contributed by atoms with Crippen LogP contribution in [-0.2, 0) is 0 Å². The van der Waals surface area contributed by atoms with E-state index in [0.29, 0.717) is 18.5 Å². The van der Waals surface area contributed by atoms with E-state index in [9.17, 15) is 4.39 Å². The summed E-state index contributed by atoms with van der Waals surface area (Å²) in [5.41, 5.74) is 0.267. The lowest BCUT2D eigenvalue weighted by atomic mass is 9.84. The standard InChI is InChI=1S/C12H25FN2/c1-10-9-15(7-5-6-13)11(8-14-10)12(2,3)4/h10-11,14H,5-9H2,1-4H3. The van der Waals surface area contributed by atoms with E-state index >= 15 is 0 Å². The van der Waals surface area contributed by atoms with Gasteiger partial charge in [-0.25, -0.2) is 0 Å². The molecule has 1 saturated heterocycles. The molecular weight excluding hydrogens is 191 g/mol. The first kappa shape index (κ1) is 12.9. The third-order valence-electron chi connectivity index (χ3n) is 3.19. The minimum absolute atomic E-state index is 0.199. The van der Waals surface area contributed by atoms with Crippen molar-refractivity contribution in [3.63, 3.8) is 0 Å². The van der Waals surface area contributed by atoms with Crippen molar-refractivity contribution >= 4 is 0 Å². The second kappa shape index (κ2) is 5.26. The average molecular weight is 216 g/mol. The van der Waals surface area contributed by atoms with Gasteiger partial charge in [-0.1, -0.05) is 20.8 Å². The zero-order valence-electron chi connectivity index (χ0n) is 10.5. The van der Waals surface area contributed by atoms with E-state index in [-0.39, 0.29) is 12.1 Å². The predicted molar refractivity (Wildman–Crippen MR) is 62.9 cm³/mol. The zero-order valence-corrected chi connectivity index (χ0v) is 10.5. The smallest absolute Gasteiger partial charge is 0.0906 e. The van der Waals surface area contributed by atoms with Crippen LogP contribution in [0.4, 0.5) is 4.39 Å². The summed E-state index contributed by atoms with van der Waals surface area (Å²) < 4.78 is 12.2. The highest BCUT2D eigenvalue weighted by Gasteiger charge is 2.33. The van der Waals surface area contributed by atoms with Crippen molar-refractivity contribution in [1.82, 2.24) is 10.2 Å². The first-order chi connectivity index (χ1) is 6.95. The van der Waals surface area contributed by atoms with Gasteiger partial charge in [-0.15, -0.1) is 0 Å². The van der Waals surface area contributed by atoms with Crippen LogP contribution in [0.25, 0.3) is 0 Å². The maximum atomic E-state index is 12.2. The molecule has 15 heavy (non-hydrogen) atoms. The van der Waals surface area contributed by atoms with Crippen LogP contribution >= 0.6 is 0 Å². The minimum Gasteiger partial charge on any atom is -0.311 e. The summed E-state index contributed by atoms with van der Waals surface area (Å²) >= 11 is 0. The summed E-state index contributed by atoms with van der Waals surface area (Å²) in [6, 6.07) is 1.06. The Morgan fingerprint density at radius 3 is 2.60 bits per heavy atom. The van der Waals surface area contributed by atoms with Gasteiger partial charge in [0, 0.05) is 31.7 Å². The van der Waals surface area contributed by atoms with Gasteiger partial charge in [-0.05, 0) is 18.8 Å². The number of hydrogen-bond donors (Lipinski definition) is 1. The van der Waals surface area contributed by atoms with E-state index < -0.39 is 0 Å². The molecule has 1 fully saturated rings. The third kappa shape index (κ3) is 3.72. The molecule has 2 nitrogen and oxygen atoms in total. The number of rotatable bonds is 3. The minimum atomic E-state index is -0.199. The largest absolute Gasteiger partial charge is 0.311 e. The molecule has 1 rings (SSSR count). The Balaban J connectivity index is 2.58. The highest BCUT2D eigenvalue weighted by Crippen LogP contribution is 2.26. The highest BCUT2D eigenvalue weighted by atomic mass is 19.1. The summed E-state index contributed by atoms with van der Waals surface area (Å²) in [4.78, 5) is 2.45. The third-order valence-corrected chi connectivity index (χ3v) is 3.19.